The highest BCUT2D eigenvalue weighted by Gasteiger charge is 2.26. The molecule has 1 atom stereocenters. The molecule has 0 spiro atoms. The highest BCUT2D eigenvalue weighted by molar-refractivity contribution is 5.82. The minimum absolute atomic E-state index is 0.0269. The van der Waals surface area contributed by atoms with Gasteiger partial charge >= 0.3 is 0 Å². The maximum atomic E-state index is 12.6. The number of likely N-dealkylation sites (N-methyl/N-ethyl adjacent to an activating group) is 1. The summed E-state index contributed by atoms with van der Waals surface area (Å²) in [6.07, 6.45) is 4.28. The minimum atomic E-state index is -0.0269. The lowest BCUT2D eigenvalue weighted by atomic mass is 10.1. The second-order valence-corrected chi connectivity index (χ2v) is 6.15. The summed E-state index contributed by atoms with van der Waals surface area (Å²) in [6, 6.07) is 10.2. The molecule has 0 radical (unpaired) electrons. The Hall–Kier alpha value is -1.94. The molecule has 1 unspecified atom stereocenters. The van der Waals surface area contributed by atoms with Gasteiger partial charge in [0.25, 0.3) is 0 Å². The molecule has 0 aliphatic carbocycles. The number of amides is 1. The molecule has 4 nitrogen and oxygen atoms in total. The summed E-state index contributed by atoms with van der Waals surface area (Å²) >= 11 is 0. The van der Waals surface area contributed by atoms with Crippen molar-refractivity contribution in [1.82, 2.24) is 14.8 Å². The molecule has 1 saturated heterocycles. The Morgan fingerprint density at radius 2 is 2.05 bits per heavy atom. The first-order valence-electron chi connectivity index (χ1n) is 7.98. The summed E-state index contributed by atoms with van der Waals surface area (Å²) < 4.78 is 0. The Balaban J connectivity index is 1.69. The largest absolute Gasteiger partial charge is 0.340 e. The number of carbonyl (C=O) groups is 1. The van der Waals surface area contributed by atoms with Crippen molar-refractivity contribution in [2.24, 2.45) is 0 Å². The third-order valence-corrected chi connectivity index (χ3v) is 4.49. The zero-order valence-electron chi connectivity index (χ0n) is 13.3. The number of hydrogen-bond donors (Lipinski definition) is 0. The number of para-hydroxylation sites is 1. The number of fused-ring (bicyclic) bond motifs is 1. The quantitative estimate of drug-likeness (QED) is 0.870. The van der Waals surface area contributed by atoms with Gasteiger partial charge in [-0.1, -0.05) is 18.2 Å². The molecule has 0 bridgehead atoms. The van der Waals surface area contributed by atoms with Gasteiger partial charge in [0.2, 0.25) is 5.91 Å². The summed E-state index contributed by atoms with van der Waals surface area (Å²) in [7, 11) is 1.88. The smallest absolute Gasteiger partial charge is 0.239 e. The fourth-order valence-corrected chi connectivity index (χ4v) is 3.16. The van der Waals surface area contributed by atoms with Crippen molar-refractivity contribution in [3.8, 4) is 0 Å². The predicted molar refractivity (Wildman–Crippen MR) is 88.5 cm³/mol. The van der Waals surface area contributed by atoms with E-state index in [-0.39, 0.29) is 11.9 Å². The summed E-state index contributed by atoms with van der Waals surface area (Å²) in [5, 5.41) is 1.12. The monoisotopic (exact) mass is 297 g/mol. The molecule has 1 aliphatic rings. The lowest BCUT2D eigenvalue weighted by Crippen LogP contribution is -2.44. The molecule has 1 aromatic carbocycles. The highest BCUT2D eigenvalue weighted by atomic mass is 16.2. The van der Waals surface area contributed by atoms with E-state index in [0.717, 1.165) is 29.6 Å². The third kappa shape index (κ3) is 3.12. The van der Waals surface area contributed by atoms with E-state index in [2.05, 4.69) is 22.0 Å². The van der Waals surface area contributed by atoms with Gasteiger partial charge in [0, 0.05) is 25.2 Å². The molecule has 2 heterocycles. The van der Waals surface area contributed by atoms with Gasteiger partial charge in [-0.2, -0.15) is 0 Å². The first kappa shape index (κ1) is 15.0. The second-order valence-electron chi connectivity index (χ2n) is 6.15. The van der Waals surface area contributed by atoms with E-state index in [4.69, 9.17) is 0 Å². The van der Waals surface area contributed by atoms with Gasteiger partial charge in [-0.25, -0.2) is 0 Å². The highest BCUT2D eigenvalue weighted by Crippen LogP contribution is 2.16. The van der Waals surface area contributed by atoms with Gasteiger partial charge in [-0.15, -0.1) is 0 Å². The van der Waals surface area contributed by atoms with Crippen LogP contribution in [0.1, 0.15) is 25.3 Å². The summed E-state index contributed by atoms with van der Waals surface area (Å²) in [6.45, 7) is 4.70. The van der Waals surface area contributed by atoms with E-state index >= 15 is 0 Å². The van der Waals surface area contributed by atoms with Crippen LogP contribution in [0.15, 0.2) is 36.5 Å². The summed E-state index contributed by atoms with van der Waals surface area (Å²) in [5.74, 6) is 0.190. The van der Waals surface area contributed by atoms with Gasteiger partial charge in [0.1, 0.15) is 0 Å². The van der Waals surface area contributed by atoms with Crippen LogP contribution in [0.2, 0.25) is 0 Å². The Labute approximate surface area is 131 Å². The van der Waals surface area contributed by atoms with Crippen molar-refractivity contribution >= 4 is 16.8 Å². The Morgan fingerprint density at radius 1 is 1.32 bits per heavy atom. The van der Waals surface area contributed by atoms with E-state index in [1.165, 1.54) is 12.8 Å². The van der Waals surface area contributed by atoms with Crippen LogP contribution in [-0.2, 0) is 11.3 Å². The number of nitrogens with zero attached hydrogens (tertiary/aromatic N) is 3. The van der Waals surface area contributed by atoms with E-state index in [0.29, 0.717) is 6.54 Å². The number of rotatable bonds is 4. The van der Waals surface area contributed by atoms with Crippen molar-refractivity contribution in [2.45, 2.75) is 32.4 Å². The zero-order chi connectivity index (χ0) is 15.5. The number of benzene rings is 1. The molecule has 4 heteroatoms. The molecule has 3 rings (SSSR count). The number of pyridine rings is 1. The maximum absolute atomic E-state index is 12.6. The van der Waals surface area contributed by atoms with Gasteiger partial charge < -0.3 is 4.90 Å². The molecule has 0 saturated carbocycles. The second kappa shape index (κ2) is 6.44. The van der Waals surface area contributed by atoms with Crippen LogP contribution in [0.5, 0.6) is 0 Å². The Bertz CT molecular complexity index is 664. The minimum Gasteiger partial charge on any atom is -0.340 e. The lowest BCUT2D eigenvalue weighted by molar-refractivity contribution is -0.135. The van der Waals surface area contributed by atoms with Crippen molar-refractivity contribution in [3.63, 3.8) is 0 Å². The molecule has 1 amide bonds. The van der Waals surface area contributed by atoms with Gasteiger partial charge in [0.15, 0.2) is 0 Å². The van der Waals surface area contributed by atoms with Crippen molar-refractivity contribution in [1.29, 1.82) is 0 Å². The van der Waals surface area contributed by atoms with Gasteiger partial charge in [-0.05, 0) is 50.6 Å². The fourth-order valence-electron chi connectivity index (χ4n) is 3.16. The SMILES string of the molecule is CC(C(=O)N(C)Cc1cnc2ccccc2c1)N1CCCC1. The van der Waals surface area contributed by atoms with E-state index in [1.807, 2.05) is 43.3 Å². The standard InChI is InChI=1S/C18H23N3O/c1-14(21-9-5-6-10-21)18(22)20(2)13-15-11-16-7-3-4-8-17(16)19-12-15/h3-4,7-8,11-12,14H,5-6,9-10,13H2,1-2H3. The molecule has 116 valence electrons. The Morgan fingerprint density at radius 3 is 2.82 bits per heavy atom. The maximum Gasteiger partial charge on any atom is 0.239 e. The normalized spacial score (nSPS) is 16.8. The van der Waals surface area contributed by atoms with Gasteiger partial charge in [0.05, 0.1) is 11.6 Å². The van der Waals surface area contributed by atoms with Crippen molar-refractivity contribution in [3.05, 3.63) is 42.1 Å². The molecule has 2 aromatic rings. The van der Waals surface area contributed by atoms with Crippen LogP contribution < -0.4 is 0 Å². The van der Waals surface area contributed by atoms with E-state index in [9.17, 15) is 4.79 Å². The topological polar surface area (TPSA) is 36.4 Å². The zero-order valence-corrected chi connectivity index (χ0v) is 13.3. The van der Waals surface area contributed by atoms with Crippen LogP contribution >= 0.6 is 0 Å². The van der Waals surface area contributed by atoms with Crippen LogP contribution in [0.25, 0.3) is 10.9 Å². The van der Waals surface area contributed by atoms with Crippen LogP contribution in [0, 0.1) is 0 Å². The predicted octanol–water partition coefficient (Wildman–Crippen LogP) is 2.68. The summed E-state index contributed by atoms with van der Waals surface area (Å²) in [4.78, 5) is 21.1. The molecule has 1 aliphatic heterocycles. The first-order chi connectivity index (χ1) is 10.6. The molecule has 22 heavy (non-hydrogen) atoms. The lowest BCUT2D eigenvalue weighted by Gasteiger charge is -2.27. The summed E-state index contributed by atoms with van der Waals surface area (Å²) in [5.41, 5.74) is 2.06. The Kier molecular flexibility index (Phi) is 4.39. The molecule has 1 aromatic heterocycles. The average molecular weight is 297 g/mol. The van der Waals surface area contributed by atoms with Gasteiger partial charge in [-0.3, -0.25) is 14.7 Å². The number of aromatic nitrogens is 1. The fraction of sp³-hybridized carbons (Fsp3) is 0.444. The molecular weight excluding hydrogens is 274 g/mol. The van der Waals surface area contributed by atoms with E-state index in [1.54, 1.807) is 0 Å². The molecule has 0 N–H and O–H groups in total. The first-order valence-corrected chi connectivity index (χ1v) is 7.98. The molecule has 1 fully saturated rings. The number of carbonyl (C=O) groups excluding carboxylic acids is 1. The van der Waals surface area contributed by atoms with E-state index < -0.39 is 0 Å². The van der Waals surface area contributed by atoms with Crippen molar-refractivity contribution in [2.75, 3.05) is 20.1 Å². The number of hydrogen-bond acceptors (Lipinski definition) is 3. The third-order valence-electron chi connectivity index (χ3n) is 4.49. The van der Waals surface area contributed by atoms with Crippen molar-refractivity contribution < 1.29 is 4.79 Å². The molecular formula is C18H23N3O. The van der Waals surface area contributed by atoms with Crippen LogP contribution in [-0.4, -0.2) is 46.9 Å². The number of likely N-dealkylation sites (tertiary alicyclic amines) is 1. The van der Waals surface area contributed by atoms with Crippen LogP contribution in [0.4, 0.5) is 0 Å². The van der Waals surface area contributed by atoms with Crippen LogP contribution in [0.3, 0.4) is 0 Å². The average Bonchev–Trinajstić information content (AvgIpc) is 3.07.